The molecule has 0 N–H and O–H groups in total. The highest BCUT2D eigenvalue weighted by atomic mass is 32.2. The normalized spacial score (nSPS) is 11.7. The number of halogens is 1. The van der Waals surface area contributed by atoms with E-state index in [9.17, 15) is 13.2 Å². The van der Waals surface area contributed by atoms with Crippen LogP contribution in [0.1, 0.15) is 16.7 Å². The lowest BCUT2D eigenvalue weighted by Crippen LogP contribution is -2.20. The standard InChI is InChI=1S/C28H23FN2O3S/c1-19-10-11-26(20(2)14-19)35(33,34)27-18-31(17-21-8-4-3-5-9-21)24-16-25(30-12-6-7-13-30)23(29)15-22(24)28(27)32/h3-16,18H,17H2,1-2H3. The lowest BCUT2D eigenvalue weighted by Gasteiger charge is -2.16. The monoisotopic (exact) mass is 486 g/mol. The molecular weight excluding hydrogens is 463 g/mol. The van der Waals surface area contributed by atoms with Gasteiger partial charge < -0.3 is 9.13 Å². The average Bonchev–Trinajstić information content (AvgIpc) is 3.36. The Morgan fingerprint density at radius 2 is 1.57 bits per heavy atom. The molecule has 0 unspecified atom stereocenters. The van der Waals surface area contributed by atoms with Crippen molar-refractivity contribution in [1.82, 2.24) is 9.13 Å². The largest absolute Gasteiger partial charge is 0.341 e. The second kappa shape index (κ2) is 8.67. The summed E-state index contributed by atoms with van der Waals surface area (Å²) in [6.07, 6.45) is 4.80. The maximum absolute atomic E-state index is 15.2. The zero-order chi connectivity index (χ0) is 24.7. The maximum Gasteiger partial charge on any atom is 0.212 e. The number of benzene rings is 3. The minimum absolute atomic E-state index is 0.0141. The molecule has 3 aromatic carbocycles. The van der Waals surface area contributed by atoms with Gasteiger partial charge in [-0.25, -0.2) is 12.8 Å². The van der Waals surface area contributed by atoms with E-state index in [4.69, 9.17) is 0 Å². The van der Waals surface area contributed by atoms with E-state index in [0.29, 0.717) is 17.6 Å². The lowest BCUT2D eigenvalue weighted by molar-refractivity contribution is 0.593. The summed E-state index contributed by atoms with van der Waals surface area (Å²) in [6.45, 7) is 3.88. The smallest absolute Gasteiger partial charge is 0.212 e. The molecule has 7 heteroatoms. The van der Waals surface area contributed by atoms with Crippen LogP contribution in [0.5, 0.6) is 0 Å². The van der Waals surface area contributed by atoms with E-state index in [1.807, 2.05) is 37.3 Å². The number of nitrogens with zero attached hydrogens (tertiary/aromatic N) is 2. The highest BCUT2D eigenvalue weighted by Crippen LogP contribution is 2.27. The number of hydrogen-bond donors (Lipinski definition) is 0. The van der Waals surface area contributed by atoms with Gasteiger partial charge in [-0.1, -0.05) is 48.0 Å². The minimum atomic E-state index is -4.15. The fraction of sp³-hybridized carbons (Fsp3) is 0.107. The van der Waals surface area contributed by atoms with Crippen molar-refractivity contribution in [2.45, 2.75) is 30.2 Å². The van der Waals surface area contributed by atoms with Crippen molar-refractivity contribution in [2.24, 2.45) is 0 Å². The quantitative estimate of drug-likeness (QED) is 0.333. The summed E-state index contributed by atoms with van der Waals surface area (Å²) in [5.74, 6) is -0.613. The van der Waals surface area contributed by atoms with Gasteiger partial charge in [0.2, 0.25) is 15.3 Å². The van der Waals surface area contributed by atoms with Gasteiger partial charge in [0.25, 0.3) is 0 Å². The molecule has 2 aromatic heterocycles. The predicted molar refractivity (Wildman–Crippen MR) is 134 cm³/mol. The highest BCUT2D eigenvalue weighted by molar-refractivity contribution is 7.91. The Hall–Kier alpha value is -3.97. The summed E-state index contributed by atoms with van der Waals surface area (Å²) in [6, 6.07) is 20.8. The highest BCUT2D eigenvalue weighted by Gasteiger charge is 2.26. The van der Waals surface area contributed by atoms with E-state index >= 15 is 4.39 Å². The molecule has 5 aromatic rings. The van der Waals surface area contributed by atoms with Crippen molar-refractivity contribution in [3.8, 4) is 5.69 Å². The number of aryl methyl sites for hydroxylation is 2. The van der Waals surface area contributed by atoms with Crippen LogP contribution < -0.4 is 5.43 Å². The number of sulfone groups is 1. The second-order valence-corrected chi connectivity index (χ2v) is 10.5. The van der Waals surface area contributed by atoms with E-state index in [1.165, 1.54) is 12.3 Å². The maximum atomic E-state index is 15.2. The summed E-state index contributed by atoms with van der Waals surface area (Å²) in [5.41, 5.74) is 2.38. The molecule has 0 fully saturated rings. The fourth-order valence-electron chi connectivity index (χ4n) is 4.39. The number of rotatable bonds is 5. The molecule has 0 aliphatic heterocycles. The van der Waals surface area contributed by atoms with E-state index in [-0.39, 0.29) is 20.9 Å². The first-order valence-electron chi connectivity index (χ1n) is 11.1. The van der Waals surface area contributed by atoms with Gasteiger partial charge in [0.05, 0.1) is 21.5 Å². The van der Waals surface area contributed by atoms with Crippen molar-refractivity contribution in [1.29, 1.82) is 0 Å². The third kappa shape index (κ3) is 4.08. The summed E-state index contributed by atoms with van der Waals surface area (Å²) >= 11 is 0. The number of fused-ring (bicyclic) bond motifs is 1. The Morgan fingerprint density at radius 1 is 0.857 bits per heavy atom. The van der Waals surface area contributed by atoms with Crippen LogP contribution >= 0.6 is 0 Å². The zero-order valence-corrected chi connectivity index (χ0v) is 20.1. The molecule has 2 heterocycles. The summed E-state index contributed by atoms with van der Waals surface area (Å²) in [4.78, 5) is 13.2. The van der Waals surface area contributed by atoms with Crippen molar-refractivity contribution in [3.63, 3.8) is 0 Å². The van der Waals surface area contributed by atoms with Gasteiger partial charge >= 0.3 is 0 Å². The van der Waals surface area contributed by atoms with Gasteiger partial charge in [0, 0.05) is 25.1 Å². The third-order valence-electron chi connectivity index (χ3n) is 6.10. The topological polar surface area (TPSA) is 61.1 Å². The van der Waals surface area contributed by atoms with E-state index in [2.05, 4.69) is 0 Å². The molecule has 0 atom stereocenters. The van der Waals surface area contributed by atoms with Crippen LogP contribution in [0.4, 0.5) is 4.39 Å². The molecule has 176 valence electrons. The first kappa shape index (κ1) is 22.8. The van der Waals surface area contributed by atoms with Gasteiger partial charge in [-0.15, -0.1) is 0 Å². The Labute approximate surface area is 202 Å². The van der Waals surface area contributed by atoms with E-state index in [1.54, 1.807) is 58.8 Å². The molecule has 0 aliphatic rings. The zero-order valence-electron chi connectivity index (χ0n) is 19.3. The van der Waals surface area contributed by atoms with Crippen LogP contribution in [0.15, 0.2) is 106 Å². The van der Waals surface area contributed by atoms with Crippen molar-refractivity contribution >= 4 is 20.7 Å². The molecule has 0 spiro atoms. The molecule has 5 rings (SSSR count). The summed E-state index contributed by atoms with van der Waals surface area (Å²) in [5, 5.41) is 0.0141. The predicted octanol–water partition coefficient (Wildman–Crippen LogP) is 5.43. The van der Waals surface area contributed by atoms with Crippen LogP contribution in [-0.2, 0) is 16.4 Å². The molecule has 0 saturated carbocycles. The molecule has 0 saturated heterocycles. The Morgan fingerprint density at radius 3 is 2.26 bits per heavy atom. The number of aromatic nitrogens is 2. The van der Waals surface area contributed by atoms with Crippen LogP contribution in [-0.4, -0.2) is 17.6 Å². The van der Waals surface area contributed by atoms with Gasteiger partial charge in [-0.3, -0.25) is 4.79 Å². The molecule has 0 radical (unpaired) electrons. The fourth-order valence-corrected chi connectivity index (χ4v) is 5.97. The van der Waals surface area contributed by atoms with Crippen LogP contribution in [0.3, 0.4) is 0 Å². The molecule has 0 amide bonds. The number of pyridine rings is 1. The van der Waals surface area contributed by atoms with Gasteiger partial charge in [0.15, 0.2) is 0 Å². The van der Waals surface area contributed by atoms with Crippen LogP contribution in [0.2, 0.25) is 0 Å². The Balaban J connectivity index is 1.81. The van der Waals surface area contributed by atoms with Gasteiger partial charge in [-0.05, 0) is 55.3 Å². The molecule has 0 bridgehead atoms. The first-order valence-corrected chi connectivity index (χ1v) is 12.6. The SMILES string of the molecule is Cc1ccc(S(=O)(=O)c2cn(Cc3ccccc3)c3cc(-n4cccc4)c(F)cc3c2=O)c(C)c1. The molecule has 0 aliphatic carbocycles. The van der Waals surface area contributed by atoms with Gasteiger partial charge in [0.1, 0.15) is 10.7 Å². The van der Waals surface area contributed by atoms with Crippen molar-refractivity contribution in [2.75, 3.05) is 0 Å². The molecule has 5 nitrogen and oxygen atoms in total. The third-order valence-corrected chi connectivity index (χ3v) is 8.01. The number of hydrogen-bond acceptors (Lipinski definition) is 3. The Bertz CT molecular complexity index is 1720. The van der Waals surface area contributed by atoms with Crippen LogP contribution in [0, 0.1) is 19.7 Å². The molecule has 35 heavy (non-hydrogen) atoms. The summed E-state index contributed by atoms with van der Waals surface area (Å²) < 4.78 is 45.8. The average molecular weight is 487 g/mol. The van der Waals surface area contributed by atoms with Crippen molar-refractivity contribution < 1.29 is 12.8 Å². The molecular formula is C28H23FN2O3S. The minimum Gasteiger partial charge on any atom is -0.341 e. The van der Waals surface area contributed by atoms with E-state index in [0.717, 1.165) is 17.2 Å². The second-order valence-electron chi connectivity index (χ2n) is 8.62. The van der Waals surface area contributed by atoms with E-state index < -0.39 is 21.1 Å². The first-order chi connectivity index (χ1) is 16.8. The van der Waals surface area contributed by atoms with Crippen molar-refractivity contribution in [3.05, 3.63) is 124 Å². The van der Waals surface area contributed by atoms with Crippen LogP contribution in [0.25, 0.3) is 16.6 Å². The summed E-state index contributed by atoms with van der Waals surface area (Å²) in [7, 11) is -4.15. The lowest BCUT2D eigenvalue weighted by atomic mass is 10.1. The Kier molecular flexibility index (Phi) is 5.65. The van der Waals surface area contributed by atoms with Gasteiger partial charge in [-0.2, -0.15) is 0 Å².